The molecule has 0 bridgehead atoms. The van der Waals surface area contributed by atoms with Crippen LogP contribution in [0.25, 0.3) is 10.2 Å². The quantitative estimate of drug-likeness (QED) is 0.381. The molecule has 2 heterocycles. The number of thioether (sulfide) groups is 1. The molecule has 3 aromatic rings. The summed E-state index contributed by atoms with van der Waals surface area (Å²) in [5, 5.41) is 1.39. The molecule has 2 aromatic heterocycles. The summed E-state index contributed by atoms with van der Waals surface area (Å²) < 4.78 is 5.71. The number of aromatic amines is 1. The van der Waals surface area contributed by atoms with E-state index in [2.05, 4.69) is 29.0 Å². The lowest BCUT2D eigenvalue weighted by molar-refractivity contribution is 0.310. The summed E-state index contributed by atoms with van der Waals surface area (Å²) in [4.78, 5) is 21.3. The van der Waals surface area contributed by atoms with Crippen LogP contribution in [-0.4, -0.2) is 22.3 Å². The van der Waals surface area contributed by atoms with E-state index in [1.807, 2.05) is 25.1 Å². The summed E-state index contributed by atoms with van der Waals surface area (Å²) >= 11 is 3.15. The monoisotopic (exact) mass is 360 g/mol. The standard InChI is InChI=1S/C18H20N2O2S2/c1-12-5-7-14(8-6-12)22-9-3-4-10-23-18-19-16(21)15-11-13(2)24-17(15)20-18/h5-8,11H,3-4,9-10H2,1-2H3,(H,19,20,21). The summed E-state index contributed by atoms with van der Waals surface area (Å²) in [6.45, 7) is 4.76. The molecule has 0 saturated heterocycles. The topological polar surface area (TPSA) is 55.0 Å². The number of benzene rings is 1. The Morgan fingerprint density at radius 1 is 1.21 bits per heavy atom. The van der Waals surface area contributed by atoms with Gasteiger partial charge in [0.15, 0.2) is 5.16 Å². The Labute approximate surface area is 149 Å². The zero-order chi connectivity index (χ0) is 16.9. The summed E-state index contributed by atoms with van der Waals surface area (Å²) in [7, 11) is 0. The van der Waals surface area contributed by atoms with E-state index < -0.39 is 0 Å². The van der Waals surface area contributed by atoms with Gasteiger partial charge in [-0.05, 0) is 44.9 Å². The minimum Gasteiger partial charge on any atom is -0.494 e. The van der Waals surface area contributed by atoms with Gasteiger partial charge in [0.1, 0.15) is 10.6 Å². The summed E-state index contributed by atoms with van der Waals surface area (Å²) in [5.41, 5.74) is 1.19. The van der Waals surface area contributed by atoms with Crippen molar-refractivity contribution in [2.45, 2.75) is 31.8 Å². The lowest BCUT2D eigenvalue weighted by Gasteiger charge is -2.06. The number of aromatic nitrogens is 2. The molecule has 0 atom stereocenters. The molecule has 0 aliphatic rings. The minimum atomic E-state index is -0.0467. The van der Waals surface area contributed by atoms with Gasteiger partial charge in [-0.1, -0.05) is 29.5 Å². The number of thiophene rings is 1. The molecule has 4 nitrogen and oxygen atoms in total. The number of hydrogen-bond acceptors (Lipinski definition) is 5. The largest absolute Gasteiger partial charge is 0.494 e. The number of aryl methyl sites for hydroxylation is 2. The highest BCUT2D eigenvalue weighted by Crippen LogP contribution is 2.23. The van der Waals surface area contributed by atoms with E-state index in [0.29, 0.717) is 17.1 Å². The number of hydrogen-bond donors (Lipinski definition) is 1. The Balaban J connectivity index is 1.43. The van der Waals surface area contributed by atoms with Gasteiger partial charge in [0.25, 0.3) is 5.56 Å². The van der Waals surface area contributed by atoms with Crippen LogP contribution in [0, 0.1) is 13.8 Å². The van der Waals surface area contributed by atoms with Crippen LogP contribution in [0.5, 0.6) is 5.75 Å². The molecule has 3 rings (SSSR count). The van der Waals surface area contributed by atoms with Crippen molar-refractivity contribution in [3.05, 3.63) is 51.1 Å². The van der Waals surface area contributed by atoms with Crippen LogP contribution in [0.4, 0.5) is 0 Å². The number of nitrogens with zero attached hydrogens (tertiary/aromatic N) is 1. The number of unbranched alkanes of at least 4 members (excludes halogenated alkanes) is 1. The second-order valence-corrected chi connectivity index (χ2v) is 7.98. The smallest absolute Gasteiger partial charge is 0.260 e. The maximum Gasteiger partial charge on any atom is 0.260 e. The predicted octanol–water partition coefficient (Wildman–Crippen LogP) is 4.55. The highest BCUT2D eigenvalue weighted by Gasteiger charge is 2.07. The van der Waals surface area contributed by atoms with Gasteiger partial charge in [-0.15, -0.1) is 11.3 Å². The first-order valence-corrected chi connectivity index (χ1v) is 9.75. The Hall–Kier alpha value is -1.79. The van der Waals surface area contributed by atoms with E-state index in [-0.39, 0.29) is 5.56 Å². The van der Waals surface area contributed by atoms with Crippen LogP contribution >= 0.6 is 23.1 Å². The molecule has 6 heteroatoms. The van der Waals surface area contributed by atoms with Crippen molar-refractivity contribution >= 4 is 33.3 Å². The lowest BCUT2D eigenvalue weighted by Crippen LogP contribution is -2.07. The highest BCUT2D eigenvalue weighted by molar-refractivity contribution is 7.99. The van der Waals surface area contributed by atoms with E-state index in [0.717, 1.165) is 34.1 Å². The average molecular weight is 361 g/mol. The Morgan fingerprint density at radius 3 is 2.79 bits per heavy atom. The van der Waals surface area contributed by atoms with Crippen molar-refractivity contribution in [1.82, 2.24) is 9.97 Å². The van der Waals surface area contributed by atoms with Crippen molar-refractivity contribution in [1.29, 1.82) is 0 Å². The van der Waals surface area contributed by atoms with Crippen molar-refractivity contribution in [2.24, 2.45) is 0 Å². The molecule has 0 amide bonds. The number of fused-ring (bicyclic) bond motifs is 1. The van der Waals surface area contributed by atoms with Gasteiger partial charge in [-0.25, -0.2) is 4.98 Å². The fraction of sp³-hybridized carbons (Fsp3) is 0.333. The maximum absolute atomic E-state index is 12.0. The number of H-pyrrole nitrogens is 1. The SMILES string of the molecule is Cc1ccc(OCCCCSc2nc3sc(C)cc3c(=O)[nH]2)cc1. The molecule has 1 aromatic carbocycles. The fourth-order valence-electron chi connectivity index (χ4n) is 2.30. The first-order chi connectivity index (χ1) is 11.6. The predicted molar refractivity (Wildman–Crippen MR) is 102 cm³/mol. The molecule has 0 radical (unpaired) electrons. The van der Waals surface area contributed by atoms with Crippen LogP contribution in [0.1, 0.15) is 23.3 Å². The van der Waals surface area contributed by atoms with Gasteiger partial charge >= 0.3 is 0 Å². The van der Waals surface area contributed by atoms with Crippen LogP contribution in [0.3, 0.4) is 0 Å². The second kappa shape index (κ2) is 7.85. The Morgan fingerprint density at radius 2 is 2.00 bits per heavy atom. The van der Waals surface area contributed by atoms with Crippen molar-refractivity contribution in [3.63, 3.8) is 0 Å². The van der Waals surface area contributed by atoms with Crippen LogP contribution in [-0.2, 0) is 0 Å². The van der Waals surface area contributed by atoms with E-state index in [1.54, 1.807) is 23.1 Å². The van der Waals surface area contributed by atoms with E-state index in [4.69, 9.17) is 4.74 Å². The second-order valence-electron chi connectivity index (χ2n) is 5.66. The zero-order valence-corrected chi connectivity index (χ0v) is 15.4. The molecule has 0 aliphatic heterocycles. The Bertz CT molecular complexity index is 869. The molecule has 24 heavy (non-hydrogen) atoms. The first kappa shape index (κ1) is 17.0. The number of rotatable bonds is 7. The molecule has 0 unspecified atom stereocenters. The molecular weight excluding hydrogens is 340 g/mol. The minimum absolute atomic E-state index is 0.0467. The van der Waals surface area contributed by atoms with Gasteiger partial charge in [0, 0.05) is 10.6 Å². The lowest BCUT2D eigenvalue weighted by atomic mass is 10.2. The summed E-state index contributed by atoms with van der Waals surface area (Å²) in [6, 6.07) is 9.99. The third kappa shape index (κ3) is 4.39. The maximum atomic E-state index is 12.0. The molecule has 1 N–H and O–H groups in total. The highest BCUT2D eigenvalue weighted by atomic mass is 32.2. The van der Waals surface area contributed by atoms with E-state index in [1.165, 1.54) is 5.56 Å². The summed E-state index contributed by atoms with van der Waals surface area (Å²) in [5.74, 6) is 1.83. The van der Waals surface area contributed by atoms with Crippen LogP contribution in [0.2, 0.25) is 0 Å². The normalized spacial score (nSPS) is 11.1. The van der Waals surface area contributed by atoms with Crippen LogP contribution < -0.4 is 10.3 Å². The molecule has 0 saturated carbocycles. The third-order valence-corrected chi connectivity index (χ3v) is 5.47. The first-order valence-electron chi connectivity index (χ1n) is 7.94. The number of ether oxygens (including phenoxy) is 1. The van der Waals surface area contributed by atoms with E-state index in [9.17, 15) is 4.79 Å². The molecular formula is C18H20N2O2S2. The summed E-state index contributed by atoms with van der Waals surface area (Å²) in [6.07, 6.45) is 1.99. The van der Waals surface area contributed by atoms with Gasteiger partial charge < -0.3 is 9.72 Å². The van der Waals surface area contributed by atoms with Gasteiger partial charge in [-0.2, -0.15) is 0 Å². The Kier molecular flexibility index (Phi) is 5.58. The molecule has 0 aliphatic carbocycles. The van der Waals surface area contributed by atoms with Crippen molar-refractivity contribution in [3.8, 4) is 5.75 Å². The van der Waals surface area contributed by atoms with Crippen molar-refractivity contribution < 1.29 is 4.74 Å². The van der Waals surface area contributed by atoms with Crippen molar-refractivity contribution in [2.75, 3.05) is 12.4 Å². The van der Waals surface area contributed by atoms with Gasteiger partial charge in [0.2, 0.25) is 0 Å². The molecule has 126 valence electrons. The third-order valence-electron chi connectivity index (χ3n) is 3.57. The zero-order valence-electron chi connectivity index (χ0n) is 13.8. The molecule has 0 fully saturated rings. The number of nitrogens with one attached hydrogen (secondary N) is 1. The van der Waals surface area contributed by atoms with E-state index >= 15 is 0 Å². The molecule has 0 spiro atoms. The van der Waals surface area contributed by atoms with Gasteiger partial charge in [0.05, 0.1) is 12.0 Å². The van der Waals surface area contributed by atoms with Gasteiger partial charge in [-0.3, -0.25) is 4.79 Å². The van der Waals surface area contributed by atoms with Crippen LogP contribution in [0.15, 0.2) is 40.3 Å². The fourth-order valence-corrected chi connectivity index (χ4v) is 4.10. The average Bonchev–Trinajstić information content (AvgIpc) is 2.93.